The van der Waals surface area contributed by atoms with Crippen LogP contribution in [-0.4, -0.2) is 11.9 Å². The average Bonchev–Trinajstić information content (AvgIpc) is 2.85. The molecule has 2 aromatic carbocycles. The molecule has 3 heteroatoms. The van der Waals surface area contributed by atoms with Crippen molar-refractivity contribution in [1.29, 1.82) is 0 Å². The van der Waals surface area contributed by atoms with E-state index < -0.39 is 6.10 Å². The van der Waals surface area contributed by atoms with Gasteiger partial charge in [0.05, 0.1) is 0 Å². The molecule has 0 radical (unpaired) electrons. The average molecular weight is 256 g/mol. The van der Waals surface area contributed by atoms with E-state index in [4.69, 9.17) is 9.47 Å². The molecule has 0 aliphatic carbocycles. The molecule has 98 valence electrons. The Kier molecular flexibility index (Phi) is 2.91. The fourth-order valence-corrected chi connectivity index (χ4v) is 2.40. The Labute approximate surface area is 112 Å². The molecule has 0 fully saturated rings. The molecule has 3 rings (SSSR count). The zero-order valence-corrected chi connectivity index (χ0v) is 11.0. The van der Waals surface area contributed by atoms with Gasteiger partial charge in [-0.05, 0) is 42.7 Å². The first kappa shape index (κ1) is 12.1. The maximum absolute atomic E-state index is 10.5. The molecule has 1 aliphatic rings. The molecule has 1 atom stereocenters. The van der Waals surface area contributed by atoms with Crippen molar-refractivity contribution in [2.75, 3.05) is 6.79 Å². The summed E-state index contributed by atoms with van der Waals surface area (Å²) in [5, 5.41) is 10.5. The summed E-state index contributed by atoms with van der Waals surface area (Å²) >= 11 is 0. The summed E-state index contributed by atoms with van der Waals surface area (Å²) in [4.78, 5) is 0. The molecule has 3 nitrogen and oxygen atoms in total. The smallest absolute Gasteiger partial charge is 0.231 e. The fraction of sp³-hybridized carbons (Fsp3) is 0.250. The number of aliphatic hydroxyl groups excluding tert-OH is 1. The molecule has 1 heterocycles. The number of fused-ring (bicyclic) bond motifs is 1. The summed E-state index contributed by atoms with van der Waals surface area (Å²) in [5.41, 5.74) is 4.02. The van der Waals surface area contributed by atoms with Crippen LogP contribution in [0.5, 0.6) is 11.5 Å². The van der Waals surface area contributed by atoms with E-state index in [2.05, 4.69) is 6.07 Å². The largest absolute Gasteiger partial charge is 0.454 e. The number of hydrogen-bond donors (Lipinski definition) is 1. The summed E-state index contributed by atoms with van der Waals surface area (Å²) in [5.74, 6) is 1.43. The quantitative estimate of drug-likeness (QED) is 0.897. The zero-order chi connectivity index (χ0) is 13.4. The summed E-state index contributed by atoms with van der Waals surface area (Å²) in [7, 11) is 0. The number of rotatable bonds is 2. The Morgan fingerprint density at radius 3 is 2.58 bits per heavy atom. The lowest BCUT2D eigenvalue weighted by atomic mass is 9.96. The highest BCUT2D eigenvalue weighted by Crippen LogP contribution is 2.36. The summed E-state index contributed by atoms with van der Waals surface area (Å²) < 4.78 is 10.6. The van der Waals surface area contributed by atoms with Crippen LogP contribution < -0.4 is 9.47 Å². The molecule has 0 spiro atoms. The highest BCUT2D eigenvalue weighted by Gasteiger charge is 2.18. The fourth-order valence-electron chi connectivity index (χ4n) is 2.40. The second-order valence-electron chi connectivity index (χ2n) is 4.88. The Balaban J connectivity index is 1.97. The number of ether oxygens (including phenoxy) is 2. The van der Waals surface area contributed by atoms with Crippen LogP contribution in [0.2, 0.25) is 0 Å². The number of benzene rings is 2. The van der Waals surface area contributed by atoms with E-state index in [-0.39, 0.29) is 6.79 Å². The van der Waals surface area contributed by atoms with Gasteiger partial charge in [0.1, 0.15) is 6.10 Å². The van der Waals surface area contributed by atoms with E-state index in [9.17, 15) is 5.11 Å². The Hall–Kier alpha value is -2.00. The van der Waals surface area contributed by atoms with E-state index in [0.29, 0.717) is 5.75 Å². The molecule has 0 amide bonds. The zero-order valence-electron chi connectivity index (χ0n) is 11.0. The van der Waals surface area contributed by atoms with Crippen LogP contribution in [0.3, 0.4) is 0 Å². The normalized spacial score (nSPS) is 14.5. The van der Waals surface area contributed by atoms with Gasteiger partial charge in [-0.2, -0.15) is 0 Å². The van der Waals surface area contributed by atoms with Crippen LogP contribution >= 0.6 is 0 Å². The minimum atomic E-state index is -0.643. The minimum absolute atomic E-state index is 0.248. The van der Waals surface area contributed by atoms with Crippen molar-refractivity contribution >= 4 is 0 Å². The Morgan fingerprint density at radius 2 is 1.79 bits per heavy atom. The van der Waals surface area contributed by atoms with Gasteiger partial charge in [-0.25, -0.2) is 0 Å². The van der Waals surface area contributed by atoms with Gasteiger partial charge >= 0.3 is 0 Å². The monoisotopic (exact) mass is 256 g/mol. The summed E-state index contributed by atoms with van der Waals surface area (Å²) in [6.45, 7) is 4.31. The molecule has 19 heavy (non-hydrogen) atoms. The van der Waals surface area contributed by atoms with Crippen molar-refractivity contribution in [3.05, 3.63) is 58.7 Å². The lowest BCUT2D eigenvalue weighted by Gasteiger charge is -2.15. The third kappa shape index (κ3) is 2.17. The van der Waals surface area contributed by atoms with Crippen LogP contribution in [0.1, 0.15) is 28.4 Å². The molecule has 0 saturated heterocycles. The van der Waals surface area contributed by atoms with Crippen LogP contribution in [-0.2, 0) is 0 Å². The standard InChI is InChI=1S/C16H16O3/c1-10-3-5-13(11(2)7-10)16(17)12-4-6-14-15(8-12)19-9-18-14/h3-8,16-17H,9H2,1-2H3. The predicted octanol–water partition coefficient (Wildman–Crippen LogP) is 3.11. The third-order valence-electron chi connectivity index (χ3n) is 3.43. The van der Waals surface area contributed by atoms with Gasteiger partial charge < -0.3 is 14.6 Å². The van der Waals surface area contributed by atoms with Gasteiger partial charge in [0.25, 0.3) is 0 Å². The van der Waals surface area contributed by atoms with Gasteiger partial charge in [-0.3, -0.25) is 0 Å². The highest BCUT2D eigenvalue weighted by molar-refractivity contribution is 5.47. The highest BCUT2D eigenvalue weighted by atomic mass is 16.7. The van der Waals surface area contributed by atoms with Gasteiger partial charge in [0.2, 0.25) is 6.79 Å². The van der Waals surface area contributed by atoms with Crippen molar-refractivity contribution in [2.24, 2.45) is 0 Å². The van der Waals surface area contributed by atoms with Gasteiger partial charge in [0, 0.05) is 0 Å². The van der Waals surface area contributed by atoms with Gasteiger partial charge in [0.15, 0.2) is 11.5 Å². The second kappa shape index (κ2) is 4.59. The SMILES string of the molecule is Cc1ccc(C(O)c2ccc3c(c2)OCO3)c(C)c1. The van der Waals surface area contributed by atoms with E-state index >= 15 is 0 Å². The number of aliphatic hydroxyl groups is 1. The van der Waals surface area contributed by atoms with E-state index in [0.717, 1.165) is 22.4 Å². The molecule has 0 saturated carbocycles. The van der Waals surface area contributed by atoms with Crippen molar-refractivity contribution in [1.82, 2.24) is 0 Å². The van der Waals surface area contributed by atoms with Crippen LogP contribution in [0.25, 0.3) is 0 Å². The van der Waals surface area contributed by atoms with Crippen LogP contribution in [0.4, 0.5) is 0 Å². The first-order valence-electron chi connectivity index (χ1n) is 6.30. The molecule has 1 aliphatic heterocycles. The van der Waals surface area contributed by atoms with Crippen molar-refractivity contribution in [3.63, 3.8) is 0 Å². The molecule has 0 bridgehead atoms. The molecule has 1 unspecified atom stereocenters. The van der Waals surface area contributed by atoms with Crippen molar-refractivity contribution in [3.8, 4) is 11.5 Å². The first-order valence-corrected chi connectivity index (χ1v) is 6.30. The Bertz CT molecular complexity index is 619. The predicted molar refractivity (Wildman–Crippen MR) is 72.5 cm³/mol. The van der Waals surface area contributed by atoms with Crippen molar-refractivity contribution in [2.45, 2.75) is 20.0 Å². The first-order chi connectivity index (χ1) is 9.15. The molecule has 1 N–H and O–H groups in total. The van der Waals surface area contributed by atoms with Crippen LogP contribution in [0.15, 0.2) is 36.4 Å². The van der Waals surface area contributed by atoms with E-state index in [1.165, 1.54) is 5.56 Å². The van der Waals surface area contributed by atoms with E-state index in [1.807, 2.05) is 44.2 Å². The lowest BCUT2D eigenvalue weighted by Crippen LogP contribution is -2.02. The third-order valence-corrected chi connectivity index (χ3v) is 3.43. The minimum Gasteiger partial charge on any atom is -0.454 e. The molecule has 2 aromatic rings. The molecular formula is C16H16O3. The summed E-state index contributed by atoms with van der Waals surface area (Å²) in [6, 6.07) is 11.6. The van der Waals surface area contributed by atoms with E-state index in [1.54, 1.807) is 0 Å². The number of hydrogen-bond acceptors (Lipinski definition) is 3. The molecule has 0 aromatic heterocycles. The van der Waals surface area contributed by atoms with Crippen LogP contribution in [0, 0.1) is 13.8 Å². The summed E-state index contributed by atoms with van der Waals surface area (Å²) in [6.07, 6.45) is -0.643. The van der Waals surface area contributed by atoms with Crippen molar-refractivity contribution < 1.29 is 14.6 Å². The topological polar surface area (TPSA) is 38.7 Å². The van der Waals surface area contributed by atoms with Gasteiger partial charge in [-0.15, -0.1) is 0 Å². The lowest BCUT2D eigenvalue weighted by molar-refractivity contribution is 0.173. The second-order valence-corrected chi connectivity index (χ2v) is 4.88. The Morgan fingerprint density at radius 1 is 1.00 bits per heavy atom. The maximum atomic E-state index is 10.5. The maximum Gasteiger partial charge on any atom is 0.231 e. The van der Waals surface area contributed by atoms with Gasteiger partial charge in [-0.1, -0.05) is 29.8 Å². The number of aryl methyl sites for hydroxylation is 2. The molecular weight excluding hydrogens is 240 g/mol.